The predicted molar refractivity (Wildman–Crippen MR) is 63.2 cm³/mol. The standard InChI is InChI=1S/C14H12FNO/c15-13-3-1-2-11-12(13)8-16-14(11)9-4-6-10(17)7-5-9/h1-7,14,16-17H,8H2. The molecule has 3 rings (SSSR count). The number of phenolic OH excluding ortho intramolecular Hbond substituents is 1. The van der Waals surface area contributed by atoms with E-state index in [-0.39, 0.29) is 17.6 Å². The second kappa shape index (κ2) is 3.86. The molecule has 2 aromatic rings. The van der Waals surface area contributed by atoms with E-state index in [9.17, 15) is 9.50 Å². The zero-order valence-corrected chi connectivity index (χ0v) is 9.15. The van der Waals surface area contributed by atoms with Crippen LogP contribution in [0, 0.1) is 5.82 Å². The van der Waals surface area contributed by atoms with Crippen LogP contribution in [0.1, 0.15) is 22.7 Å². The summed E-state index contributed by atoms with van der Waals surface area (Å²) in [6.07, 6.45) is 0. The largest absolute Gasteiger partial charge is 0.508 e. The van der Waals surface area contributed by atoms with Gasteiger partial charge in [-0.3, -0.25) is 0 Å². The maximum absolute atomic E-state index is 13.6. The molecule has 0 aromatic heterocycles. The van der Waals surface area contributed by atoms with E-state index in [0.717, 1.165) is 16.7 Å². The third-order valence-corrected chi connectivity index (χ3v) is 3.18. The van der Waals surface area contributed by atoms with Crippen molar-refractivity contribution in [3.05, 3.63) is 65.0 Å². The Hall–Kier alpha value is -1.87. The van der Waals surface area contributed by atoms with Crippen molar-refractivity contribution in [1.29, 1.82) is 0 Å². The van der Waals surface area contributed by atoms with Crippen molar-refractivity contribution >= 4 is 0 Å². The monoisotopic (exact) mass is 229 g/mol. The van der Waals surface area contributed by atoms with Crippen molar-refractivity contribution in [2.24, 2.45) is 0 Å². The van der Waals surface area contributed by atoms with E-state index in [1.54, 1.807) is 18.2 Å². The fourth-order valence-corrected chi connectivity index (χ4v) is 2.31. The van der Waals surface area contributed by atoms with Crippen molar-refractivity contribution in [2.45, 2.75) is 12.6 Å². The normalized spacial score (nSPS) is 18.1. The molecule has 0 bridgehead atoms. The Morgan fingerprint density at radius 3 is 2.65 bits per heavy atom. The Morgan fingerprint density at radius 1 is 1.12 bits per heavy atom. The molecule has 1 aliphatic heterocycles. The highest BCUT2D eigenvalue weighted by Crippen LogP contribution is 2.32. The van der Waals surface area contributed by atoms with Gasteiger partial charge in [-0.1, -0.05) is 24.3 Å². The molecule has 0 aliphatic carbocycles. The summed E-state index contributed by atoms with van der Waals surface area (Å²) in [5.74, 6) is 0.0856. The van der Waals surface area contributed by atoms with E-state index >= 15 is 0 Å². The van der Waals surface area contributed by atoms with Crippen LogP contribution >= 0.6 is 0 Å². The molecule has 17 heavy (non-hydrogen) atoms. The quantitative estimate of drug-likeness (QED) is 0.788. The summed E-state index contributed by atoms with van der Waals surface area (Å²) in [6.45, 7) is 0.549. The maximum atomic E-state index is 13.6. The first-order valence-electron chi connectivity index (χ1n) is 5.55. The highest BCUT2D eigenvalue weighted by molar-refractivity contribution is 5.42. The van der Waals surface area contributed by atoms with Gasteiger partial charge in [0.1, 0.15) is 11.6 Å². The van der Waals surface area contributed by atoms with Crippen molar-refractivity contribution in [2.75, 3.05) is 0 Å². The molecule has 1 aliphatic rings. The molecule has 86 valence electrons. The molecule has 2 aromatic carbocycles. The molecule has 2 N–H and O–H groups in total. The zero-order valence-electron chi connectivity index (χ0n) is 9.15. The van der Waals surface area contributed by atoms with Gasteiger partial charge >= 0.3 is 0 Å². The maximum Gasteiger partial charge on any atom is 0.128 e. The number of hydrogen-bond donors (Lipinski definition) is 2. The van der Waals surface area contributed by atoms with Gasteiger partial charge in [0.2, 0.25) is 0 Å². The van der Waals surface area contributed by atoms with Gasteiger partial charge in [-0.15, -0.1) is 0 Å². The second-order valence-electron chi connectivity index (χ2n) is 4.21. The highest BCUT2D eigenvalue weighted by atomic mass is 19.1. The molecular formula is C14H12FNO. The van der Waals surface area contributed by atoms with Gasteiger partial charge in [0, 0.05) is 12.1 Å². The Labute approximate surface area is 98.7 Å². The number of benzene rings is 2. The van der Waals surface area contributed by atoms with Crippen LogP contribution in [0.2, 0.25) is 0 Å². The van der Waals surface area contributed by atoms with Crippen LogP contribution in [0.3, 0.4) is 0 Å². The molecule has 3 heteroatoms. The van der Waals surface area contributed by atoms with Crippen LogP contribution in [-0.4, -0.2) is 5.11 Å². The van der Waals surface area contributed by atoms with E-state index in [0.29, 0.717) is 6.54 Å². The van der Waals surface area contributed by atoms with E-state index in [1.165, 1.54) is 6.07 Å². The molecule has 1 atom stereocenters. The summed E-state index contributed by atoms with van der Waals surface area (Å²) in [5, 5.41) is 12.5. The van der Waals surface area contributed by atoms with Crippen LogP contribution in [-0.2, 0) is 6.54 Å². The average Bonchev–Trinajstić information content (AvgIpc) is 2.75. The molecule has 0 fully saturated rings. The number of fused-ring (bicyclic) bond motifs is 1. The second-order valence-corrected chi connectivity index (χ2v) is 4.21. The van der Waals surface area contributed by atoms with Gasteiger partial charge in [-0.05, 0) is 29.3 Å². The van der Waals surface area contributed by atoms with Gasteiger partial charge in [0.15, 0.2) is 0 Å². The minimum atomic E-state index is -0.156. The molecular weight excluding hydrogens is 217 g/mol. The number of rotatable bonds is 1. The third-order valence-electron chi connectivity index (χ3n) is 3.18. The zero-order chi connectivity index (χ0) is 11.8. The van der Waals surface area contributed by atoms with Crippen LogP contribution in [0.25, 0.3) is 0 Å². The lowest BCUT2D eigenvalue weighted by molar-refractivity contribution is 0.475. The summed E-state index contributed by atoms with van der Waals surface area (Å²) >= 11 is 0. The van der Waals surface area contributed by atoms with Crippen LogP contribution in [0.4, 0.5) is 4.39 Å². The van der Waals surface area contributed by atoms with Crippen molar-refractivity contribution in [1.82, 2.24) is 5.32 Å². The lowest BCUT2D eigenvalue weighted by atomic mass is 9.98. The minimum absolute atomic E-state index is 0.0151. The summed E-state index contributed by atoms with van der Waals surface area (Å²) < 4.78 is 13.6. The summed E-state index contributed by atoms with van der Waals surface area (Å²) in [5.41, 5.74) is 2.76. The number of nitrogens with one attached hydrogen (secondary N) is 1. The number of phenols is 1. The van der Waals surface area contributed by atoms with E-state index in [4.69, 9.17) is 0 Å². The lowest BCUT2D eigenvalue weighted by Crippen LogP contribution is -2.12. The fourth-order valence-electron chi connectivity index (χ4n) is 2.31. The number of aromatic hydroxyl groups is 1. The van der Waals surface area contributed by atoms with Gasteiger partial charge in [-0.2, -0.15) is 0 Å². The molecule has 0 saturated heterocycles. The molecule has 0 amide bonds. The summed E-state index contributed by atoms with van der Waals surface area (Å²) in [4.78, 5) is 0. The fraction of sp³-hybridized carbons (Fsp3) is 0.143. The minimum Gasteiger partial charge on any atom is -0.508 e. The van der Waals surface area contributed by atoms with E-state index in [2.05, 4.69) is 5.32 Å². The van der Waals surface area contributed by atoms with Gasteiger partial charge in [0.25, 0.3) is 0 Å². The van der Waals surface area contributed by atoms with Crippen molar-refractivity contribution in [3.63, 3.8) is 0 Å². The Kier molecular flexibility index (Phi) is 2.34. The predicted octanol–water partition coefficient (Wildman–Crippen LogP) is 2.72. The highest BCUT2D eigenvalue weighted by Gasteiger charge is 2.25. The molecule has 1 unspecified atom stereocenters. The third kappa shape index (κ3) is 1.68. The van der Waals surface area contributed by atoms with Crippen molar-refractivity contribution in [3.8, 4) is 5.75 Å². The smallest absolute Gasteiger partial charge is 0.128 e. The SMILES string of the molecule is Oc1ccc(C2NCc3c(F)cccc32)cc1. The van der Waals surface area contributed by atoms with E-state index < -0.39 is 0 Å². The molecule has 0 saturated carbocycles. The first-order chi connectivity index (χ1) is 8.25. The molecule has 1 heterocycles. The van der Waals surface area contributed by atoms with Gasteiger partial charge in [0.05, 0.1) is 6.04 Å². The summed E-state index contributed by atoms with van der Waals surface area (Å²) in [7, 11) is 0. The molecule has 0 radical (unpaired) electrons. The van der Waals surface area contributed by atoms with Crippen LogP contribution in [0.15, 0.2) is 42.5 Å². The first kappa shape index (κ1) is 10.3. The Morgan fingerprint density at radius 2 is 1.88 bits per heavy atom. The van der Waals surface area contributed by atoms with Crippen molar-refractivity contribution < 1.29 is 9.50 Å². The van der Waals surface area contributed by atoms with Crippen LogP contribution < -0.4 is 5.32 Å². The van der Waals surface area contributed by atoms with Gasteiger partial charge in [-0.25, -0.2) is 4.39 Å². The van der Waals surface area contributed by atoms with E-state index in [1.807, 2.05) is 18.2 Å². The first-order valence-corrected chi connectivity index (χ1v) is 5.55. The number of hydrogen-bond acceptors (Lipinski definition) is 2. The van der Waals surface area contributed by atoms with Gasteiger partial charge < -0.3 is 10.4 Å². The summed E-state index contributed by atoms with van der Waals surface area (Å²) in [6, 6.07) is 12.2. The molecule has 0 spiro atoms. The number of halogens is 1. The van der Waals surface area contributed by atoms with Crippen LogP contribution in [0.5, 0.6) is 5.75 Å². The lowest BCUT2D eigenvalue weighted by Gasteiger charge is -2.12. The average molecular weight is 229 g/mol. The Balaban J connectivity index is 2.04. The topological polar surface area (TPSA) is 32.3 Å². The Bertz CT molecular complexity index is 551. The molecule has 2 nitrogen and oxygen atoms in total.